The molecule has 1 aromatic carbocycles. The molecule has 0 atom stereocenters. The minimum Gasteiger partial charge on any atom is -0.305 e. The number of nitrogens with one attached hydrogen (secondary N) is 1. The Morgan fingerprint density at radius 2 is 2.19 bits per heavy atom. The predicted molar refractivity (Wildman–Crippen MR) is 67.3 cm³/mol. The average Bonchev–Trinajstić information content (AvgIpc) is 2.80. The number of thiazole rings is 1. The van der Waals surface area contributed by atoms with E-state index in [4.69, 9.17) is 0 Å². The van der Waals surface area contributed by atoms with E-state index in [2.05, 4.69) is 25.9 Å². The first kappa shape index (κ1) is 9.80. The number of nitrogens with zero attached hydrogens (tertiary/aromatic N) is 2. The summed E-state index contributed by atoms with van der Waals surface area (Å²) in [5, 5.41) is 2.51. The number of aromatic nitrogens is 3. The van der Waals surface area contributed by atoms with Crippen molar-refractivity contribution < 1.29 is 0 Å². The topological polar surface area (TPSA) is 50.7 Å². The lowest BCUT2D eigenvalue weighted by molar-refractivity contribution is 0.993. The van der Waals surface area contributed by atoms with E-state index in [-0.39, 0.29) is 5.69 Å². The molecule has 0 bridgehead atoms. The molecule has 2 aromatic heterocycles. The van der Waals surface area contributed by atoms with Gasteiger partial charge in [-0.2, -0.15) is 0 Å². The predicted octanol–water partition coefficient (Wildman–Crippen LogP) is 2.54. The van der Waals surface area contributed by atoms with Crippen molar-refractivity contribution in [1.29, 1.82) is 0 Å². The quantitative estimate of drug-likeness (QED) is 0.750. The number of fused-ring (bicyclic) bond motifs is 1. The summed E-state index contributed by atoms with van der Waals surface area (Å²) < 4.78 is 2.31. The first-order valence-electron chi connectivity index (χ1n) is 4.57. The molecule has 0 aliphatic rings. The summed E-state index contributed by atoms with van der Waals surface area (Å²) in [5.41, 5.74) is 1.50. The average molecular weight is 296 g/mol. The van der Waals surface area contributed by atoms with Crippen molar-refractivity contribution in [2.24, 2.45) is 0 Å². The number of imidazole rings is 1. The van der Waals surface area contributed by atoms with Crippen LogP contribution in [0.15, 0.2) is 39.0 Å². The number of halogens is 1. The van der Waals surface area contributed by atoms with Gasteiger partial charge in [0.15, 0.2) is 5.13 Å². The Bertz CT molecular complexity index is 712. The Labute approximate surface area is 103 Å². The Balaban J connectivity index is 2.39. The number of aromatic amines is 1. The smallest absolute Gasteiger partial charge is 0.305 e. The fourth-order valence-corrected chi connectivity index (χ4v) is 2.85. The van der Waals surface area contributed by atoms with Crippen molar-refractivity contribution in [3.05, 3.63) is 44.7 Å². The van der Waals surface area contributed by atoms with Crippen molar-refractivity contribution in [3.63, 3.8) is 0 Å². The molecule has 2 heterocycles. The molecule has 0 saturated heterocycles. The van der Waals surface area contributed by atoms with Crippen molar-refractivity contribution in [3.8, 4) is 5.13 Å². The number of rotatable bonds is 1. The van der Waals surface area contributed by atoms with Gasteiger partial charge in [-0.25, -0.2) is 14.3 Å². The Morgan fingerprint density at radius 1 is 1.38 bits per heavy atom. The summed E-state index contributed by atoms with van der Waals surface area (Å²) in [5.74, 6) is 0. The first-order chi connectivity index (χ1) is 7.75. The van der Waals surface area contributed by atoms with E-state index in [1.54, 1.807) is 4.57 Å². The molecule has 0 unspecified atom stereocenters. The van der Waals surface area contributed by atoms with Crippen LogP contribution >= 0.6 is 27.3 Å². The van der Waals surface area contributed by atoms with Gasteiger partial charge in [0.2, 0.25) is 0 Å². The number of hydrogen-bond acceptors (Lipinski definition) is 3. The van der Waals surface area contributed by atoms with Crippen molar-refractivity contribution >= 4 is 38.3 Å². The van der Waals surface area contributed by atoms with E-state index in [0.717, 1.165) is 15.6 Å². The first-order valence-corrected chi connectivity index (χ1v) is 6.24. The number of benzene rings is 1. The SMILES string of the molecule is O=c1[nH]c2ccccc2n1-c1nc(Br)cs1. The van der Waals surface area contributed by atoms with Gasteiger partial charge < -0.3 is 4.98 Å². The number of H-pyrrole nitrogens is 1. The second-order valence-electron chi connectivity index (χ2n) is 3.24. The van der Waals surface area contributed by atoms with Crippen LogP contribution in [0.25, 0.3) is 16.2 Å². The molecule has 0 amide bonds. The minimum absolute atomic E-state index is 0.164. The van der Waals surface area contributed by atoms with Crippen LogP contribution in [0.1, 0.15) is 0 Å². The van der Waals surface area contributed by atoms with Gasteiger partial charge in [0.05, 0.1) is 11.0 Å². The second-order valence-corrected chi connectivity index (χ2v) is 4.88. The molecule has 0 aliphatic carbocycles. The molecule has 0 fully saturated rings. The van der Waals surface area contributed by atoms with E-state index in [1.165, 1.54) is 11.3 Å². The van der Waals surface area contributed by atoms with Crippen molar-refractivity contribution in [2.75, 3.05) is 0 Å². The monoisotopic (exact) mass is 295 g/mol. The fraction of sp³-hybridized carbons (Fsp3) is 0. The zero-order valence-corrected chi connectivity index (χ0v) is 10.4. The van der Waals surface area contributed by atoms with Gasteiger partial charge in [0.1, 0.15) is 4.60 Å². The van der Waals surface area contributed by atoms with E-state index in [0.29, 0.717) is 5.13 Å². The molecular weight excluding hydrogens is 290 g/mol. The van der Waals surface area contributed by atoms with E-state index in [9.17, 15) is 4.79 Å². The van der Waals surface area contributed by atoms with Gasteiger partial charge in [-0.15, -0.1) is 11.3 Å². The Kier molecular flexibility index (Phi) is 2.19. The van der Waals surface area contributed by atoms with Gasteiger partial charge in [-0.1, -0.05) is 12.1 Å². The lowest BCUT2D eigenvalue weighted by atomic mass is 10.3. The van der Waals surface area contributed by atoms with Crippen LogP contribution in [0.2, 0.25) is 0 Å². The van der Waals surface area contributed by atoms with E-state index < -0.39 is 0 Å². The number of para-hydroxylation sites is 2. The van der Waals surface area contributed by atoms with Crippen LogP contribution in [0, 0.1) is 0 Å². The van der Waals surface area contributed by atoms with Crippen LogP contribution in [0.5, 0.6) is 0 Å². The van der Waals surface area contributed by atoms with Gasteiger partial charge in [0, 0.05) is 5.38 Å². The maximum atomic E-state index is 11.8. The molecule has 0 saturated carbocycles. The molecule has 0 aliphatic heterocycles. The highest BCUT2D eigenvalue weighted by molar-refractivity contribution is 9.10. The van der Waals surface area contributed by atoms with Crippen molar-refractivity contribution in [1.82, 2.24) is 14.5 Å². The second kappa shape index (κ2) is 3.57. The molecule has 4 nitrogen and oxygen atoms in total. The third-order valence-electron chi connectivity index (χ3n) is 2.24. The van der Waals surface area contributed by atoms with Crippen LogP contribution in [0.4, 0.5) is 0 Å². The molecule has 0 spiro atoms. The maximum absolute atomic E-state index is 11.8. The van der Waals surface area contributed by atoms with Crippen LogP contribution < -0.4 is 5.69 Å². The van der Waals surface area contributed by atoms with E-state index in [1.807, 2.05) is 29.6 Å². The minimum atomic E-state index is -0.164. The third kappa shape index (κ3) is 1.42. The molecule has 3 rings (SSSR count). The third-order valence-corrected chi connectivity index (χ3v) is 3.78. The Hall–Kier alpha value is -1.40. The van der Waals surface area contributed by atoms with Gasteiger partial charge >= 0.3 is 5.69 Å². The summed E-state index contributed by atoms with van der Waals surface area (Å²) in [6.45, 7) is 0. The standard InChI is InChI=1S/C10H6BrN3OS/c11-8-5-16-10(13-8)14-7-4-2-1-3-6(7)12-9(14)15/h1-5H,(H,12,15). The summed E-state index contributed by atoms with van der Waals surface area (Å²) >= 11 is 4.70. The molecule has 6 heteroatoms. The molecular formula is C10H6BrN3OS. The highest BCUT2D eigenvalue weighted by Crippen LogP contribution is 2.21. The lowest BCUT2D eigenvalue weighted by Gasteiger charge is -1.96. The largest absolute Gasteiger partial charge is 0.332 e. The maximum Gasteiger partial charge on any atom is 0.332 e. The van der Waals surface area contributed by atoms with Crippen molar-refractivity contribution in [2.45, 2.75) is 0 Å². The van der Waals surface area contributed by atoms with E-state index >= 15 is 0 Å². The van der Waals surface area contributed by atoms with Crippen LogP contribution in [-0.4, -0.2) is 14.5 Å². The molecule has 16 heavy (non-hydrogen) atoms. The molecule has 1 N–H and O–H groups in total. The molecule has 80 valence electrons. The summed E-state index contributed by atoms with van der Waals surface area (Å²) in [6, 6.07) is 7.55. The molecule has 3 aromatic rings. The highest BCUT2D eigenvalue weighted by atomic mass is 79.9. The molecule has 0 radical (unpaired) electrons. The highest BCUT2D eigenvalue weighted by Gasteiger charge is 2.10. The summed E-state index contributed by atoms with van der Waals surface area (Å²) in [6.07, 6.45) is 0. The van der Waals surface area contributed by atoms with Crippen LogP contribution in [-0.2, 0) is 0 Å². The number of hydrogen-bond donors (Lipinski definition) is 1. The Morgan fingerprint density at radius 3 is 2.94 bits per heavy atom. The zero-order chi connectivity index (χ0) is 11.1. The summed E-state index contributed by atoms with van der Waals surface area (Å²) in [4.78, 5) is 18.8. The van der Waals surface area contributed by atoms with Gasteiger partial charge in [0.25, 0.3) is 0 Å². The lowest BCUT2D eigenvalue weighted by Crippen LogP contribution is -2.14. The zero-order valence-electron chi connectivity index (χ0n) is 7.98. The van der Waals surface area contributed by atoms with Gasteiger partial charge in [-0.3, -0.25) is 0 Å². The summed E-state index contributed by atoms with van der Waals surface area (Å²) in [7, 11) is 0. The normalized spacial score (nSPS) is 11.1. The van der Waals surface area contributed by atoms with Crippen LogP contribution in [0.3, 0.4) is 0 Å². The van der Waals surface area contributed by atoms with Gasteiger partial charge in [-0.05, 0) is 28.1 Å². The fourth-order valence-electron chi connectivity index (χ4n) is 1.59.